The fourth-order valence-electron chi connectivity index (χ4n) is 1.95. The minimum Gasteiger partial charge on any atom is -0.410 e. The average molecular weight is 360 g/mol. The number of halogens is 5. The van der Waals surface area contributed by atoms with Crippen molar-refractivity contribution in [3.63, 3.8) is 0 Å². The van der Waals surface area contributed by atoms with Crippen LogP contribution in [0.15, 0.2) is 59.8 Å². The van der Waals surface area contributed by atoms with Crippen LogP contribution >= 0.6 is 23.2 Å². The van der Waals surface area contributed by atoms with Crippen LogP contribution in [0.25, 0.3) is 5.57 Å². The van der Waals surface area contributed by atoms with Gasteiger partial charge in [-0.05, 0) is 29.8 Å². The molecule has 0 aliphatic heterocycles. The third-order valence-corrected chi connectivity index (χ3v) is 3.37. The number of nitrogens with zero attached hydrogens (tertiary/aromatic N) is 1. The zero-order chi connectivity index (χ0) is 17.0. The van der Waals surface area contributed by atoms with Gasteiger partial charge in [0, 0.05) is 15.6 Å². The van der Waals surface area contributed by atoms with Gasteiger partial charge in [-0.1, -0.05) is 58.7 Å². The van der Waals surface area contributed by atoms with Gasteiger partial charge in [0.2, 0.25) is 0 Å². The van der Waals surface area contributed by atoms with E-state index in [1.54, 1.807) is 18.2 Å². The van der Waals surface area contributed by atoms with Crippen molar-refractivity contribution in [2.24, 2.45) is 5.16 Å². The molecule has 0 fully saturated rings. The van der Waals surface area contributed by atoms with Crippen molar-refractivity contribution >= 4 is 34.5 Å². The Labute approximate surface area is 140 Å². The Morgan fingerprint density at radius 1 is 0.957 bits per heavy atom. The molecular formula is C16H10Cl2F3NO. The van der Waals surface area contributed by atoms with Crippen LogP contribution in [0.3, 0.4) is 0 Å². The van der Waals surface area contributed by atoms with Crippen LogP contribution in [0.1, 0.15) is 11.1 Å². The molecule has 0 heterocycles. The molecule has 23 heavy (non-hydrogen) atoms. The van der Waals surface area contributed by atoms with Crippen molar-refractivity contribution < 1.29 is 18.4 Å². The second-order valence-corrected chi connectivity index (χ2v) is 5.44. The fourth-order valence-corrected chi connectivity index (χ4v) is 2.48. The van der Waals surface area contributed by atoms with Gasteiger partial charge in [-0.15, -0.1) is 0 Å². The molecule has 0 saturated carbocycles. The van der Waals surface area contributed by atoms with Crippen LogP contribution in [0.5, 0.6) is 0 Å². The van der Waals surface area contributed by atoms with Gasteiger partial charge in [0.1, 0.15) is 5.71 Å². The van der Waals surface area contributed by atoms with Crippen molar-refractivity contribution in [1.82, 2.24) is 0 Å². The summed E-state index contributed by atoms with van der Waals surface area (Å²) in [6, 6.07) is 11.6. The van der Waals surface area contributed by atoms with E-state index in [9.17, 15) is 13.2 Å². The zero-order valence-corrected chi connectivity index (χ0v) is 13.0. The number of hydrogen-bond acceptors (Lipinski definition) is 2. The minimum atomic E-state index is -4.68. The zero-order valence-electron chi connectivity index (χ0n) is 11.5. The van der Waals surface area contributed by atoms with Gasteiger partial charge >= 0.3 is 6.18 Å². The normalized spacial score (nSPS) is 13.3. The third kappa shape index (κ3) is 4.50. The first kappa shape index (κ1) is 17.4. The Morgan fingerprint density at radius 2 is 1.52 bits per heavy atom. The maximum Gasteiger partial charge on any atom is 0.417 e. The number of allylic oxidation sites excluding steroid dienone is 2. The molecule has 0 aliphatic carbocycles. The van der Waals surface area contributed by atoms with Crippen molar-refractivity contribution in [3.05, 3.63) is 75.8 Å². The van der Waals surface area contributed by atoms with Crippen LogP contribution < -0.4 is 0 Å². The molecule has 0 saturated heterocycles. The lowest BCUT2D eigenvalue weighted by molar-refractivity contribution is -0.0688. The van der Waals surface area contributed by atoms with Crippen molar-refractivity contribution in [1.29, 1.82) is 0 Å². The second kappa shape index (κ2) is 7.06. The van der Waals surface area contributed by atoms with Gasteiger partial charge in [-0.3, -0.25) is 0 Å². The highest BCUT2D eigenvalue weighted by Crippen LogP contribution is 2.36. The van der Waals surface area contributed by atoms with E-state index in [4.69, 9.17) is 28.4 Å². The van der Waals surface area contributed by atoms with Crippen LogP contribution in [0.4, 0.5) is 13.2 Å². The molecule has 0 aromatic heterocycles. The molecule has 2 rings (SSSR count). The number of oxime groups is 1. The van der Waals surface area contributed by atoms with Crippen molar-refractivity contribution in [3.8, 4) is 0 Å². The molecule has 0 amide bonds. The molecular weight excluding hydrogens is 350 g/mol. The van der Waals surface area contributed by atoms with E-state index in [1.807, 2.05) is 0 Å². The first-order chi connectivity index (χ1) is 10.8. The van der Waals surface area contributed by atoms with Crippen molar-refractivity contribution in [2.45, 2.75) is 6.18 Å². The highest BCUT2D eigenvalue weighted by molar-refractivity contribution is 6.35. The van der Waals surface area contributed by atoms with Crippen molar-refractivity contribution in [2.75, 3.05) is 0 Å². The fraction of sp³-hybridized carbons (Fsp3) is 0.0625. The summed E-state index contributed by atoms with van der Waals surface area (Å²) in [7, 11) is 0. The molecule has 120 valence electrons. The van der Waals surface area contributed by atoms with E-state index >= 15 is 0 Å². The smallest absolute Gasteiger partial charge is 0.410 e. The number of hydrogen-bond donors (Lipinski definition) is 1. The van der Waals surface area contributed by atoms with Crippen LogP contribution in [0.2, 0.25) is 10.0 Å². The predicted octanol–water partition coefficient (Wildman–Crippen LogP) is 5.82. The molecule has 7 heteroatoms. The minimum absolute atomic E-state index is 0.0739. The molecule has 0 radical (unpaired) electrons. The molecule has 0 bridgehead atoms. The summed E-state index contributed by atoms with van der Waals surface area (Å²) in [5.74, 6) is 0. The third-order valence-electron chi connectivity index (χ3n) is 2.94. The van der Waals surface area contributed by atoms with Gasteiger partial charge in [-0.2, -0.15) is 13.2 Å². The highest BCUT2D eigenvalue weighted by atomic mass is 35.5. The largest absolute Gasteiger partial charge is 0.417 e. The van der Waals surface area contributed by atoms with Gasteiger partial charge < -0.3 is 5.21 Å². The Bertz CT molecular complexity index is 735. The standard InChI is InChI=1S/C16H10Cl2F3NO/c17-12-6-11(7-13(18)8-12)14(16(19,20)21)9-15(22-23)10-4-2-1-3-5-10/h1-9,23H/b14-9+,22-15?. The molecule has 2 nitrogen and oxygen atoms in total. The number of alkyl halides is 3. The number of benzene rings is 2. The first-order valence-corrected chi connectivity index (χ1v) is 7.09. The molecule has 0 atom stereocenters. The van der Waals surface area contributed by atoms with Crippen LogP contribution in [-0.2, 0) is 0 Å². The summed E-state index contributed by atoms with van der Waals surface area (Å²) in [5, 5.41) is 12.2. The van der Waals surface area contributed by atoms with E-state index in [1.165, 1.54) is 18.2 Å². The predicted molar refractivity (Wildman–Crippen MR) is 85.3 cm³/mol. The summed E-state index contributed by atoms with van der Waals surface area (Å²) >= 11 is 11.5. The summed E-state index contributed by atoms with van der Waals surface area (Å²) in [6.07, 6.45) is -3.93. The SMILES string of the molecule is ON=C(/C=C(\c1cc(Cl)cc(Cl)c1)C(F)(F)F)c1ccccc1. The van der Waals surface area contributed by atoms with Crippen LogP contribution in [0, 0.1) is 0 Å². The van der Waals surface area contributed by atoms with E-state index in [-0.39, 0.29) is 21.3 Å². The monoisotopic (exact) mass is 359 g/mol. The lowest BCUT2D eigenvalue weighted by Gasteiger charge is -2.13. The lowest BCUT2D eigenvalue weighted by Crippen LogP contribution is -2.13. The molecule has 2 aromatic carbocycles. The topological polar surface area (TPSA) is 32.6 Å². The van der Waals surface area contributed by atoms with Gasteiger partial charge in [0.15, 0.2) is 0 Å². The molecule has 1 N–H and O–H groups in total. The molecule has 0 spiro atoms. The average Bonchev–Trinajstić information content (AvgIpc) is 2.46. The van der Waals surface area contributed by atoms with Gasteiger partial charge in [-0.25, -0.2) is 0 Å². The molecule has 2 aromatic rings. The van der Waals surface area contributed by atoms with E-state index in [2.05, 4.69) is 5.16 Å². The Morgan fingerprint density at radius 3 is 2.00 bits per heavy atom. The van der Waals surface area contributed by atoms with Crippen LogP contribution in [-0.4, -0.2) is 17.1 Å². The maximum absolute atomic E-state index is 13.4. The van der Waals surface area contributed by atoms with E-state index in [0.29, 0.717) is 5.56 Å². The Balaban J connectivity index is 2.59. The Hall–Kier alpha value is -1.98. The summed E-state index contributed by atoms with van der Waals surface area (Å²) < 4.78 is 40.2. The lowest BCUT2D eigenvalue weighted by atomic mass is 10.0. The Kier molecular flexibility index (Phi) is 5.34. The van der Waals surface area contributed by atoms with E-state index in [0.717, 1.165) is 18.2 Å². The quantitative estimate of drug-likeness (QED) is 0.418. The second-order valence-electron chi connectivity index (χ2n) is 4.57. The summed E-state index contributed by atoms with van der Waals surface area (Å²) in [4.78, 5) is 0. The maximum atomic E-state index is 13.4. The molecule has 0 aliphatic rings. The summed E-state index contributed by atoms with van der Waals surface area (Å²) in [6.45, 7) is 0. The van der Waals surface area contributed by atoms with Gasteiger partial charge in [0.05, 0.1) is 5.57 Å². The molecule has 0 unspecified atom stereocenters. The number of rotatable bonds is 3. The van der Waals surface area contributed by atoms with E-state index < -0.39 is 11.7 Å². The summed E-state index contributed by atoms with van der Waals surface area (Å²) in [5.41, 5.74) is -1.12. The van der Waals surface area contributed by atoms with Gasteiger partial charge in [0.25, 0.3) is 0 Å². The highest BCUT2D eigenvalue weighted by Gasteiger charge is 2.35. The first-order valence-electron chi connectivity index (χ1n) is 6.34.